The Morgan fingerprint density at radius 2 is 1.52 bits per heavy atom. The fourth-order valence-corrected chi connectivity index (χ4v) is 3.35. The quantitative estimate of drug-likeness (QED) is 0.456. The molecule has 0 amide bonds. The van der Waals surface area contributed by atoms with E-state index in [1.54, 1.807) is 0 Å². The molecule has 0 fully saturated rings. The number of aryl methyl sites for hydroxylation is 1. The number of anilines is 1. The number of benzene rings is 3. The van der Waals surface area contributed by atoms with Crippen molar-refractivity contribution in [3.05, 3.63) is 87.9 Å². The summed E-state index contributed by atoms with van der Waals surface area (Å²) in [4.78, 5) is 2.40. The minimum Gasteiger partial charge on any atom is -0.363 e. The largest absolute Gasteiger partial charge is 0.363 e. The third-order valence-corrected chi connectivity index (χ3v) is 5.01. The summed E-state index contributed by atoms with van der Waals surface area (Å²) in [5, 5.41) is 8.73. The van der Waals surface area contributed by atoms with Gasteiger partial charge in [0, 0.05) is 23.2 Å². The molecule has 1 heterocycles. The second-order valence-electron chi connectivity index (χ2n) is 6.27. The van der Waals surface area contributed by atoms with Gasteiger partial charge in [-0.05, 0) is 66.1 Å². The van der Waals surface area contributed by atoms with Crippen LogP contribution in [0.1, 0.15) is 16.7 Å². The molecule has 1 aliphatic rings. The molecule has 3 aromatic carbocycles. The lowest BCUT2D eigenvalue weighted by atomic mass is 10.1. The summed E-state index contributed by atoms with van der Waals surface area (Å²) in [6.45, 7) is 4.02. The molecule has 0 saturated carbocycles. The number of hydrogen-bond donors (Lipinski definition) is 0. The fraction of sp³-hybridized carbons (Fsp3) is 0.143. The van der Waals surface area contributed by atoms with Gasteiger partial charge in [0.25, 0.3) is 0 Å². The average molecular weight is 392 g/mol. The maximum absolute atomic E-state index is 4.40. The molecule has 0 N–H and O–H groups in total. The van der Waals surface area contributed by atoms with Crippen LogP contribution in [0.5, 0.6) is 0 Å². The van der Waals surface area contributed by atoms with Crippen LogP contribution in [0.3, 0.4) is 0 Å². The van der Waals surface area contributed by atoms with E-state index in [1.165, 1.54) is 16.8 Å². The molecule has 0 saturated heterocycles. The van der Waals surface area contributed by atoms with Crippen LogP contribution in [0.2, 0.25) is 0 Å². The Balaban J connectivity index is 1.52. The molecule has 0 aromatic heterocycles. The van der Waals surface area contributed by atoms with E-state index in [4.69, 9.17) is 0 Å². The van der Waals surface area contributed by atoms with E-state index in [9.17, 15) is 0 Å². The summed E-state index contributed by atoms with van der Waals surface area (Å²) in [5.74, 6) is 0. The van der Waals surface area contributed by atoms with Crippen molar-refractivity contribution in [3.8, 4) is 0 Å². The van der Waals surface area contributed by atoms with Gasteiger partial charge in [0.15, 0.2) is 0 Å². The van der Waals surface area contributed by atoms with Gasteiger partial charge in [0.05, 0.1) is 11.4 Å². The minimum absolute atomic E-state index is 0.849. The number of fused-ring (bicyclic) bond motifs is 1. The molecule has 0 atom stereocenters. The standard InChI is InChI=1S/C21H18BrN3/c1-15-12-20(25-13-16-4-2-3-5-17(16)14-25)10-11-21(15)24-23-19-8-6-18(22)7-9-19/h2-12H,13-14H2,1H3. The van der Waals surface area contributed by atoms with E-state index in [2.05, 4.69) is 80.4 Å². The topological polar surface area (TPSA) is 28.0 Å². The van der Waals surface area contributed by atoms with Crippen LogP contribution in [0, 0.1) is 6.92 Å². The van der Waals surface area contributed by atoms with Crippen molar-refractivity contribution >= 4 is 33.0 Å². The summed E-state index contributed by atoms with van der Waals surface area (Å²) in [6.07, 6.45) is 0. The zero-order chi connectivity index (χ0) is 17.2. The predicted molar refractivity (Wildman–Crippen MR) is 106 cm³/mol. The van der Waals surface area contributed by atoms with E-state index >= 15 is 0 Å². The van der Waals surface area contributed by atoms with Crippen molar-refractivity contribution in [1.29, 1.82) is 0 Å². The molecule has 0 unspecified atom stereocenters. The highest BCUT2D eigenvalue weighted by molar-refractivity contribution is 9.10. The van der Waals surface area contributed by atoms with Crippen LogP contribution in [0.25, 0.3) is 0 Å². The first-order valence-electron chi connectivity index (χ1n) is 8.29. The third-order valence-electron chi connectivity index (χ3n) is 4.49. The Kier molecular flexibility index (Phi) is 4.36. The molecule has 0 aliphatic carbocycles. The highest BCUT2D eigenvalue weighted by Crippen LogP contribution is 2.32. The van der Waals surface area contributed by atoms with Crippen LogP contribution in [-0.2, 0) is 13.1 Å². The van der Waals surface area contributed by atoms with Gasteiger partial charge in [0.1, 0.15) is 0 Å². The van der Waals surface area contributed by atoms with E-state index < -0.39 is 0 Å². The molecule has 25 heavy (non-hydrogen) atoms. The van der Waals surface area contributed by atoms with Crippen LogP contribution in [-0.4, -0.2) is 0 Å². The third kappa shape index (κ3) is 3.49. The van der Waals surface area contributed by atoms with Gasteiger partial charge in [-0.2, -0.15) is 10.2 Å². The number of halogens is 1. The van der Waals surface area contributed by atoms with Gasteiger partial charge in [-0.15, -0.1) is 0 Å². The SMILES string of the molecule is Cc1cc(N2Cc3ccccc3C2)ccc1N=Nc1ccc(Br)cc1. The Hall–Kier alpha value is -2.46. The predicted octanol–water partition coefficient (Wildman–Crippen LogP) is 6.69. The summed E-state index contributed by atoms with van der Waals surface area (Å²) in [5.41, 5.74) is 6.95. The van der Waals surface area contributed by atoms with E-state index in [0.29, 0.717) is 0 Å². The van der Waals surface area contributed by atoms with Gasteiger partial charge in [-0.3, -0.25) is 0 Å². The molecule has 3 nitrogen and oxygen atoms in total. The second kappa shape index (κ2) is 6.81. The molecule has 1 aliphatic heterocycles. The van der Waals surface area contributed by atoms with Crippen LogP contribution >= 0.6 is 15.9 Å². The Morgan fingerprint density at radius 1 is 0.840 bits per heavy atom. The van der Waals surface area contributed by atoms with Gasteiger partial charge >= 0.3 is 0 Å². The maximum atomic E-state index is 4.40. The second-order valence-corrected chi connectivity index (χ2v) is 7.19. The molecular formula is C21H18BrN3. The van der Waals surface area contributed by atoms with E-state index in [0.717, 1.165) is 34.5 Å². The van der Waals surface area contributed by atoms with Gasteiger partial charge in [-0.25, -0.2) is 0 Å². The van der Waals surface area contributed by atoms with Crippen molar-refractivity contribution in [3.63, 3.8) is 0 Å². The van der Waals surface area contributed by atoms with Crippen molar-refractivity contribution in [2.75, 3.05) is 4.90 Å². The van der Waals surface area contributed by atoms with Crippen molar-refractivity contribution in [2.45, 2.75) is 20.0 Å². The maximum Gasteiger partial charge on any atom is 0.0887 e. The molecule has 3 aromatic rings. The first-order valence-corrected chi connectivity index (χ1v) is 9.08. The van der Waals surface area contributed by atoms with Crippen LogP contribution < -0.4 is 4.90 Å². The molecule has 0 bridgehead atoms. The molecule has 0 radical (unpaired) electrons. The molecule has 124 valence electrons. The molecular weight excluding hydrogens is 374 g/mol. The van der Waals surface area contributed by atoms with E-state index in [1.807, 2.05) is 24.3 Å². The number of rotatable bonds is 3. The number of hydrogen-bond acceptors (Lipinski definition) is 3. The normalized spacial score (nSPS) is 13.4. The molecule has 4 rings (SSSR count). The summed E-state index contributed by atoms with van der Waals surface area (Å²) in [7, 11) is 0. The average Bonchev–Trinajstić information content (AvgIpc) is 3.06. The number of azo groups is 1. The van der Waals surface area contributed by atoms with Gasteiger partial charge < -0.3 is 4.90 Å². The number of nitrogens with zero attached hydrogens (tertiary/aromatic N) is 3. The van der Waals surface area contributed by atoms with Crippen molar-refractivity contribution < 1.29 is 0 Å². The fourth-order valence-electron chi connectivity index (χ4n) is 3.08. The summed E-state index contributed by atoms with van der Waals surface area (Å²) in [6, 6.07) is 22.8. The zero-order valence-corrected chi connectivity index (χ0v) is 15.6. The van der Waals surface area contributed by atoms with Crippen LogP contribution in [0.15, 0.2) is 81.4 Å². The van der Waals surface area contributed by atoms with Crippen molar-refractivity contribution in [1.82, 2.24) is 0 Å². The zero-order valence-electron chi connectivity index (χ0n) is 14.0. The highest BCUT2D eigenvalue weighted by Gasteiger charge is 2.18. The molecule has 0 spiro atoms. The van der Waals surface area contributed by atoms with Crippen molar-refractivity contribution in [2.24, 2.45) is 10.2 Å². The smallest absolute Gasteiger partial charge is 0.0887 e. The van der Waals surface area contributed by atoms with Gasteiger partial charge in [0.2, 0.25) is 0 Å². The molecule has 4 heteroatoms. The lowest BCUT2D eigenvalue weighted by Crippen LogP contribution is -2.14. The Morgan fingerprint density at radius 3 is 2.16 bits per heavy atom. The Labute approximate surface area is 156 Å². The first-order chi connectivity index (χ1) is 12.2. The minimum atomic E-state index is 0.849. The summed E-state index contributed by atoms with van der Waals surface area (Å²) >= 11 is 3.43. The lowest BCUT2D eigenvalue weighted by molar-refractivity contribution is 0.879. The first kappa shape index (κ1) is 16.0. The van der Waals surface area contributed by atoms with Gasteiger partial charge in [-0.1, -0.05) is 40.2 Å². The Bertz CT molecular complexity index is 907. The summed E-state index contributed by atoms with van der Waals surface area (Å²) < 4.78 is 1.04. The van der Waals surface area contributed by atoms with E-state index in [-0.39, 0.29) is 0 Å². The lowest BCUT2D eigenvalue weighted by Gasteiger charge is -2.18. The highest BCUT2D eigenvalue weighted by atomic mass is 79.9. The van der Waals surface area contributed by atoms with Crippen LogP contribution in [0.4, 0.5) is 17.1 Å². The monoisotopic (exact) mass is 391 g/mol.